The maximum atomic E-state index is 4.32. The lowest BCUT2D eigenvalue weighted by Crippen LogP contribution is -2.37. The molecule has 0 radical (unpaired) electrons. The molecule has 0 aliphatic heterocycles. The smallest absolute Gasteiger partial charge is 0.112 e. The minimum Gasteiger partial charge on any atom is -0.306 e. The standard InChI is InChI=1S/C11H18N2S/c1-9(2)5-6-13-11(3,4)10-12-7-8-14-10/h7-8,13H,1,5-6H2,2-4H3. The molecule has 0 aliphatic carbocycles. The first kappa shape index (κ1) is 11.4. The molecule has 0 aromatic carbocycles. The van der Waals surface area contributed by atoms with Gasteiger partial charge in [-0.15, -0.1) is 17.9 Å². The monoisotopic (exact) mass is 210 g/mol. The molecule has 1 aromatic rings. The summed E-state index contributed by atoms with van der Waals surface area (Å²) in [5.74, 6) is 0. The summed E-state index contributed by atoms with van der Waals surface area (Å²) in [5.41, 5.74) is 1.19. The molecular formula is C11H18N2S. The van der Waals surface area contributed by atoms with Crippen molar-refractivity contribution in [2.45, 2.75) is 32.7 Å². The average Bonchev–Trinajstić information content (AvgIpc) is 2.54. The molecule has 0 amide bonds. The molecule has 0 unspecified atom stereocenters. The van der Waals surface area contributed by atoms with Gasteiger partial charge in [0.05, 0.1) is 5.54 Å². The molecule has 14 heavy (non-hydrogen) atoms. The van der Waals surface area contributed by atoms with Crippen LogP contribution in [0.4, 0.5) is 0 Å². The maximum Gasteiger partial charge on any atom is 0.112 e. The Labute approximate surface area is 90.1 Å². The average molecular weight is 210 g/mol. The van der Waals surface area contributed by atoms with Crippen molar-refractivity contribution in [1.29, 1.82) is 0 Å². The number of nitrogens with zero attached hydrogens (tertiary/aromatic N) is 1. The van der Waals surface area contributed by atoms with E-state index in [1.165, 1.54) is 5.57 Å². The van der Waals surface area contributed by atoms with Crippen LogP contribution < -0.4 is 5.32 Å². The minimum absolute atomic E-state index is 0.0242. The van der Waals surface area contributed by atoms with Gasteiger partial charge in [-0.3, -0.25) is 0 Å². The van der Waals surface area contributed by atoms with E-state index in [-0.39, 0.29) is 5.54 Å². The van der Waals surface area contributed by atoms with E-state index in [4.69, 9.17) is 0 Å². The summed E-state index contributed by atoms with van der Waals surface area (Å²) in [4.78, 5) is 4.32. The Morgan fingerprint density at radius 3 is 2.86 bits per heavy atom. The van der Waals surface area contributed by atoms with Crippen molar-refractivity contribution >= 4 is 11.3 Å². The van der Waals surface area contributed by atoms with Gasteiger partial charge in [0, 0.05) is 11.6 Å². The molecule has 0 bridgehead atoms. The highest BCUT2D eigenvalue weighted by Crippen LogP contribution is 2.21. The summed E-state index contributed by atoms with van der Waals surface area (Å²) in [5, 5.41) is 6.63. The van der Waals surface area contributed by atoms with Crippen LogP contribution in [0.5, 0.6) is 0 Å². The first-order chi connectivity index (χ1) is 6.52. The fraction of sp³-hybridized carbons (Fsp3) is 0.545. The van der Waals surface area contributed by atoms with Gasteiger partial charge in [-0.05, 0) is 33.7 Å². The van der Waals surface area contributed by atoms with Crippen molar-refractivity contribution in [2.24, 2.45) is 0 Å². The van der Waals surface area contributed by atoms with Gasteiger partial charge in [-0.2, -0.15) is 0 Å². The van der Waals surface area contributed by atoms with Gasteiger partial charge in [0.25, 0.3) is 0 Å². The van der Waals surface area contributed by atoms with E-state index >= 15 is 0 Å². The lowest BCUT2D eigenvalue weighted by Gasteiger charge is -2.23. The van der Waals surface area contributed by atoms with E-state index < -0.39 is 0 Å². The zero-order valence-corrected chi connectivity index (χ0v) is 9.95. The number of rotatable bonds is 5. The summed E-state index contributed by atoms with van der Waals surface area (Å²) in [7, 11) is 0. The predicted molar refractivity (Wildman–Crippen MR) is 62.6 cm³/mol. The highest BCUT2D eigenvalue weighted by atomic mass is 32.1. The predicted octanol–water partition coefficient (Wildman–Crippen LogP) is 2.93. The highest BCUT2D eigenvalue weighted by molar-refractivity contribution is 7.09. The number of aromatic nitrogens is 1. The number of nitrogens with one attached hydrogen (secondary N) is 1. The minimum atomic E-state index is -0.0242. The van der Waals surface area contributed by atoms with Crippen LogP contribution in [0.15, 0.2) is 23.7 Å². The van der Waals surface area contributed by atoms with Crippen LogP contribution in [0.3, 0.4) is 0 Å². The van der Waals surface area contributed by atoms with Gasteiger partial charge in [-0.25, -0.2) is 4.98 Å². The molecule has 3 heteroatoms. The zero-order valence-electron chi connectivity index (χ0n) is 9.13. The molecule has 0 atom stereocenters. The summed E-state index contributed by atoms with van der Waals surface area (Å²) in [6.07, 6.45) is 2.87. The van der Waals surface area contributed by atoms with Crippen LogP contribution in [0.1, 0.15) is 32.2 Å². The van der Waals surface area contributed by atoms with Gasteiger partial charge >= 0.3 is 0 Å². The largest absolute Gasteiger partial charge is 0.306 e. The fourth-order valence-electron chi connectivity index (χ4n) is 1.20. The fourth-order valence-corrected chi connectivity index (χ4v) is 1.94. The van der Waals surface area contributed by atoms with E-state index in [1.807, 2.05) is 11.6 Å². The quantitative estimate of drug-likeness (QED) is 0.756. The second-order valence-electron chi connectivity index (χ2n) is 4.10. The van der Waals surface area contributed by atoms with Crippen LogP contribution in [0, 0.1) is 0 Å². The maximum absolute atomic E-state index is 4.32. The Morgan fingerprint density at radius 2 is 2.36 bits per heavy atom. The van der Waals surface area contributed by atoms with Crippen LogP contribution in [0.2, 0.25) is 0 Å². The molecule has 1 rings (SSSR count). The van der Waals surface area contributed by atoms with Crippen LogP contribution in [0.25, 0.3) is 0 Å². The van der Waals surface area contributed by atoms with Crippen LogP contribution >= 0.6 is 11.3 Å². The van der Waals surface area contributed by atoms with Crippen molar-refractivity contribution < 1.29 is 0 Å². The van der Waals surface area contributed by atoms with E-state index in [9.17, 15) is 0 Å². The first-order valence-corrected chi connectivity index (χ1v) is 5.70. The normalized spacial score (nSPS) is 11.6. The zero-order chi connectivity index (χ0) is 10.6. The van der Waals surface area contributed by atoms with E-state index in [2.05, 4.69) is 37.7 Å². The van der Waals surface area contributed by atoms with Gasteiger partial charge in [-0.1, -0.05) is 5.57 Å². The van der Waals surface area contributed by atoms with Crippen molar-refractivity contribution in [1.82, 2.24) is 10.3 Å². The van der Waals surface area contributed by atoms with E-state index in [0.29, 0.717) is 0 Å². The van der Waals surface area contributed by atoms with E-state index in [0.717, 1.165) is 18.0 Å². The lowest BCUT2D eigenvalue weighted by molar-refractivity contribution is 0.405. The molecule has 0 saturated carbocycles. The van der Waals surface area contributed by atoms with Gasteiger partial charge in [0.2, 0.25) is 0 Å². The van der Waals surface area contributed by atoms with Crippen molar-refractivity contribution in [3.63, 3.8) is 0 Å². The molecule has 78 valence electrons. The molecule has 1 heterocycles. The Bertz CT molecular complexity index is 288. The third-order valence-electron chi connectivity index (χ3n) is 2.09. The molecule has 1 aromatic heterocycles. The van der Waals surface area contributed by atoms with Crippen LogP contribution in [-0.2, 0) is 5.54 Å². The molecule has 0 saturated heterocycles. The third-order valence-corrected chi connectivity index (χ3v) is 3.18. The molecule has 1 N–H and O–H groups in total. The van der Waals surface area contributed by atoms with Crippen LogP contribution in [-0.4, -0.2) is 11.5 Å². The second kappa shape index (κ2) is 4.71. The number of hydrogen-bond acceptors (Lipinski definition) is 3. The summed E-state index contributed by atoms with van der Waals surface area (Å²) in [6.45, 7) is 11.2. The number of hydrogen-bond donors (Lipinski definition) is 1. The van der Waals surface area contributed by atoms with E-state index in [1.54, 1.807) is 11.3 Å². The Kier molecular flexibility index (Phi) is 3.84. The molecule has 0 spiro atoms. The Morgan fingerprint density at radius 1 is 1.64 bits per heavy atom. The molecule has 0 fully saturated rings. The van der Waals surface area contributed by atoms with Gasteiger partial charge in [0.1, 0.15) is 5.01 Å². The van der Waals surface area contributed by atoms with Crippen molar-refractivity contribution in [2.75, 3.05) is 6.54 Å². The second-order valence-corrected chi connectivity index (χ2v) is 4.99. The third kappa shape index (κ3) is 3.24. The van der Waals surface area contributed by atoms with Gasteiger partial charge in [0.15, 0.2) is 0 Å². The van der Waals surface area contributed by atoms with Crippen molar-refractivity contribution in [3.05, 3.63) is 28.7 Å². The first-order valence-electron chi connectivity index (χ1n) is 4.82. The molecular weight excluding hydrogens is 192 g/mol. The van der Waals surface area contributed by atoms with Crippen molar-refractivity contribution in [3.8, 4) is 0 Å². The molecule has 2 nitrogen and oxygen atoms in total. The number of thiazole rings is 1. The molecule has 0 aliphatic rings. The highest BCUT2D eigenvalue weighted by Gasteiger charge is 2.21. The summed E-state index contributed by atoms with van der Waals surface area (Å²) >= 11 is 1.69. The summed E-state index contributed by atoms with van der Waals surface area (Å²) in [6, 6.07) is 0. The Hall–Kier alpha value is -0.670. The lowest BCUT2D eigenvalue weighted by atomic mass is 10.1. The Balaban J connectivity index is 2.46. The summed E-state index contributed by atoms with van der Waals surface area (Å²) < 4.78 is 0. The van der Waals surface area contributed by atoms with Gasteiger partial charge < -0.3 is 5.32 Å². The SMILES string of the molecule is C=C(C)CCNC(C)(C)c1nccs1. The topological polar surface area (TPSA) is 24.9 Å².